The van der Waals surface area contributed by atoms with E-state index in [0.29, 0.717) is 22.1 Å². The van der Waals surface area contributed by atoms with Gasteiger partial charge in [0, 0.05) is 10.9 Å². The van der Waals surface area contributed by atoms with Crippen molar-refractivity contribution in [3.05, 3.63) is 106 Å². The molecular weight excluding hydrogens is 434 g/mol. The minimum Gasteiger partial charge on any atom is -0.497 e. The first-order chi connectivity index (χ1) is 16.6. The number of ether oxygens (including phenoxy) is 1. The topological polar surface area (TPSA) is 126 Å². The fraction of sp³-hybridized carbons (Fsp3) is 0.0800. The lowest BCUT2D eigenvalue weighted by Gasteiger charge is -2.18. The molecule has 0 aliphatic heterocycles. The Labute approximate surface area is 194 Å². The molecule has 1 atom stereocenters. The third-order valence-electron chi connectivity index (χ3n) is 5.08. The molecule has 4 rings (SSSR count). The first kappa shape index (κ1) is 22.4. The lowest BCUT2D eigenvalue weighted by atomic mass is 10.0. The number of hydrogen-bond donors (Lipinski definition) is 3. The third kappa shape index (κ3) is 4.99. The first-order valence-corrected chi connectivity index (χ1v) is 10.4. The number of benzene rings is 3. The van der Waals surface area contributed by atoms with Gasteiger partial charge in [-0.05, 0) is 48.0 Å². The standard InChI is InChI=1S/C25H21N5O4/c1-34-18-13-11-16(12-14-18)15-26-29-25(33)22(27-23(31)17-7-3-2-4-8-17)21-19-9-5-6-10-20(19)24(32)30-28-21/h2-15,22H,1H3,(H,27,31)(H,29,33)(H,30,32)/b26-15+/t22-/m1/s1. The SMILES string of the molecule is COc1ccc(/C=N/NC(=O)[C@H](NC(=O)c2ccccc2)c2n[nH]c(=O)c3ccccc23)cc1. The Kier molecular flexibility index (Phi) is 6.73. The normalized spacial score (nSPS) is 11.8. The number of hydrogen-bond acceptors (Lipinski definition) is 6. The highest BCUT2D eigenvalue weighted by atomic mass is 16.5. The fourth-order valence-electron chi connectivity index (χ4n) is 3.34. The van der Waals surface area contributed by atoms with E-state index in [9.17, 15) is 14.4 Å². The molecular formula is C25H21N5O4. The summed E-state index contributed by atoms with van der Waals surface area (Å²) >= 11 is 0. The minimum absolute atomic E-state index is 0.191. The van der Waals surface area contributed by atoms with Crippen LogP contribution in [0.4, 0.5) is 0 Å². The molecule has 1 aromatic heterocycles. The summed E-state index contributed by atoms with van der Waals surface area (Å²) in [6, 6.07) is 21.1. The molecule has 9 heteroatoms. The van der Waals surface area contributed by atoms with Gasteiger partial charge < -0.3 is 10.1 Å². The molecule has 34 heavy (non-hydrogen) atoms. The number of aromatic amines is 1. The molecule has 2 amide bonds. The zero-order chi connectivity index (χ0) is 23.9. The number of H-pyrrole nitrogens is 1. The van der Waals surface area contributed by atoms with Crippen LogP contribution in [-0.4, -0.2) is 35.3 Å². The molecule has 0 saturated carbocycles. The van der Waals surface area contributed by atoms with E-state index in [4.69, 9.17) is 4.74 Å². The summed E-state index contributed by atoms with van der Waals surface area (Å²) < 4.78 is 5.12. The van der Waals surface area contributed by atoms with E-state index >= 15 is 0 Å². The molecule has 0 spiro atoms. The number of carbonyl (C=O) groups excluding carboxylic acids is 2. The van der Waals surface area contributed by atoms with Crippen molar-refractivity contribution in [1.29, 1.82) is 0 Å². The van der Waals surface area contributed by atoms with Crippen LogP contribution in [0.15, 0.2) is 88.8 Å². The second-order valence-corrected chi connectivity index (χ2v) is 7.26. The van der Waals surface area contributed by atoms with Crippen LogP contribution < -0.4 is 21.0 Å². The smallest absolute Gasteiger partial charge is 0.272 e. The van der Waals surface area contributed by atoms with E-state index in [2.05, 4.69) is 26.0 Å². The molecule has 9 nitrogen and oxygen atoms in total. The second kappa shape index (κ2) is 10.2. The largest absolute Gasteiger partial charge is 0.497 e. The zero-order valence-electron chi connectivity index (χ0n) is 18.2. The summed E-state index contributed by atoms with van der Waals surface area (Å²) in [6.45, 7) is 0. The average Bonchev–Trinajstić information content (AvgIpc) is 2.88. The van der Waals surface area contributed by atoms with Crippen LogP contribution in [0.5, 0.6) is 5.75 Å². The monoisotopic (exact) mass is 455 g/mol. The maximum atomic E-state index is 13.1. The average molecular weight is 455 g/mol. The van der Waals surface area contributed by atoms with Crippen molar-refractivity contribution in [3.63, 3.8) is 0 Å². The number of carbonyl (C=O) groups is 2. The Bertz CT molecular complexity index is 1400. The van der Waals surface area contributed by atoms with Crippen LogP contribution in [0.1, 0.15) is 27.7 Å². The first-order valence-electron chi connectivity index (χ1n) is 10.4. The summed E-state index contributed by atoms with van der Waals surface area (Å²) in [5.41, 5.74) is 3.35. The quantitative estimate of drug-likeness (QED) is 0.292. The van der Waals surface area contributed by atoms with Gasteiger partial charge in [-0.2, -0.15) is 10.2 Å². The number of nitrogens with zero attached hydrogens (tertiary/aromatic N) is 2. The molecule has 0 unspecified atom stereocenters. The third-order valence-corrected chi connectivity index (χ3v) is 5.08. The summed E-state index contributed by atoms with van der Waals surface area (Å²) in [4.78, 5) is 38.2. The van der Waals surface area contributed by atoms with Crippen molar-refractivity contribution in [2.45, 2.75) is 6.04 Å². The summed E-state index contributed by atoms with van der Waals surface area (Å²) in [5, 5.41) is 14.0. The van der Waals surface area contributed by atoms with Crippen LogP contribution in [0.2, 0.25) is 0 Å². The van der Waals surface area contributed by atoms with Gasteiger partial charge in [0.25, 0.3) is 17.4 Å². The summed E-state index contributed by atoms with van der Waals surface area (Å²) in [5.74, 6) is -0.406. The van der Waals surface area contributed by atoms with Crippen LogP contribution >= 0.6 is 0 Å². The van der Waals surface area contributed by atoms with Gasteiger partial charge >= 0.3 is 0 Å². The number of nitrogens with one attached hydrogen (secondary N) is 3. The number of fused-ring (bicyclic) bond motifs is 1. The molecule has 0 bridgehead atoms. The molecule has 0 aliphatic rings. The van der Waals surface area contributed by atoms with Crippen molar-refractivity contribution < 1.29 is 14.3 Å². The molecule has 4 aromatic rings. The van der Waals surface area contributed by atoms with Crippen LogP contribution in [0.25, 0.3) is 10.8 Å². The van der Waals surface area contributed by atoms with E-state index in [-0.39, 0.29) is 5.69 Å². The van der Waals surface area contributed by atoms with E-state index < -0.39 is 23.4 Å². The lowest BCUT2D eigenvalue weighted by molar-refractivity contribution is -0.123. The van der Waals surface area contributed by atoms with Gasteiger partial charge in [-0.3, -0.25) is 14.4 Å². The Morgan fingerprint density at radius 2 is 1.65 bits per heavy atom. The van der Waals surface area contributed by atoms with Gasteiger partial charge in [-0.25, -0.2) is 10.5 Å². The van der Waals surface area contributed by atoms with Gasteiger partial charge in [0.15, 0.2) is 6.04 Å². The molecule has 3 N–H and O–H groups in total. The van der Waals surface area contributed by atoms with Crippen molar-refractivity contribution in [1.82, 2.24) is 20.9 Å². The number of rotatable bonds is 7. The Morgan fingerprint density at radius 1 is 0.971 bits per heavy atom. The fourth-order valence-corrected chi connectivity index (χ4v) is 3.34. The molecule has 1 heterocycles. The van der Waals surface area contributed by atoms with Crippen LogP contribution in [0.3, 0.4) is 0 Å². The maximum absolute atomic E-state index is 13.1. The van der Waals surface area contributed by atoms with Crippen molar-refractivity contribution >= 4 is 28.8 Å². The number of hydrazone groups is 1. The van der Waals surface area contributed by atoms with Gasteiger partial charge in [0.1, 0.15) is 11.4 Å². The lowest BCUT2D eigenvalue weighted by Crippen LogP contribution is -2.40. The molecule has 0 radical (unpaired) electrons. The predicted molar refractivity (Wildman–Crippen MR) is 128 cm³/mol. The molecule has 170 valence electrons. The highest BCUT2D eigenvalue weighted by Gasteiger charge is 2.27. The highest BCUT2D eigenvalue weighted by Crippen LogP contribution is 2.20. The van der Waals surface area contributed by atoms with Crippen LogP contribution in [-0.2, 0) is 4.79 Å². The van der Waals surface area contributed by atoms with Gasteiger partial charge in [-0.15, -0.1) is 0 Å². The molecule has 0 fully saturated rings. The van der Waals surface area contributed by atoms with Gasteiger partial charge in [-0.1, -0.05) is 36.4 Å². The number of aromatic nitrogens is 2. The predicted octanol–water partition coefficient (Wildman–Crippen LogP) is 2.55. The van der Waals surface area contributed by atoms with E-state index in [0.717, 1.165) is 5.56 Å². The van der Waals surface area contributed by atoms with Gasteiger partial charge in [0.2, 0.25) is 0 Å². The van der Waals surface area contributed by atoms with Crippen molar-refractivity contribution in [2.24, 2.45) is 5.10 Å². The number of methoxy groups -OCH3 is 1. The zero-order valence-corrected chi connectivity index (χ0v) is 18.2. The van der Waals surface area contributed by atoms with E-state index in [1.807, 2.05) is 0 Å². The Morgan fingerprint density at radius 3 is 2.35 bits per heavy atom. The van der Waals surface area contributed by atoms with Crippen molar-refractivity contribution in [2.75, 3.05) is 7.11 Å². The van der Waals surface area contributed by atoms with Crippen LogP contribution in [0, 0.1) is 0 Å². The van der Waals surface area contributed by atoms with Gasteiger partial charge in [0.05, 0.1) is 18.7 Å². The Balaban J connectivity index is 1.64. The maximum Gasteiger partial charge on any atom is 0.272 e. The van der Waals surface area contributed by atoms with Crippen molar-refractivity contribution in [3.8, 4) is 5.75 Å². The van der Waals surface area contributed by atoms with E-state index in [1.165, 1.54) is 6.21 Å². The second-order valence-electron chi connectivity index (χ2n) is 7.26. The molecule has 0 aliphatic carbocycles. The molecule has 0 saturated heterocycles. The number of amides is 2. The Hall–Kier alpha value is -4.79. The minimum atomic E-state index is -1.22. The summed E-state index contributed by atoms with van der Waals surface area (Å²) in [6.07, 6.45) is 1.46. The van der Waals surface area contributed by atoms with E-state index in [1.54, 1.807) is 86.0 Å². The summed E-state index contributed by atoms with van der Waals surface area (Å²) in [7, 11) is 1.57. The molecule has 3 aromatic carbocycles. The highest BCUT2D eigenvalue weighted by molar-refractivity contribution is 5.99.